The van der Waals surface area contributed by atoms with Crippen molar-refractivity contribution < 1.29 is 13.2 Å². The average molecular weight is 468 g/mol. The van der Waals surface area contributed by atoms with E-state index in [-0.39, 0.29) is 22.9 Å². The van der Waals surface area contributed by atoms with Gasteiger partial charge in [-0.1, -0.05) is 36.4 Å². The van der Waals surface area contributed by atoms with Crippen molar-refractivity contribution in [3.8, 4) is 0 Å². The van der Waals surface area contributed by atoms with Gasteiger partial charge in [-0.05, 0) is 40.8 Å². The van der Waals surface area contributed by atoms with Gasteiger partial charge in [0.15, 0.2) is 0 Å². The topological polar surface area (TPSA) is 106 Å². The molecule has 0 saturated heterocycles. The molecule has 0 aliphatic heterocycles. The Morgan fingerprint density at radius 2 is 1.84 bits per heavy atom. The van der Waals surface area contributed by atoms with Crippen LogP contribution in [-0.4, -0.2) is 29.1 Å². The van der Waals surface area contributed by atoms with Crippen molar-refractivity contribution >= 4 is 27.3 Å². The SMILES string of the molecule is O=C(NCc1ccccc1Cn1cncn1)c1cccc(S(=O)(=O)NCc2cccs2)c1. The molecule has 0 radical (unpaired) electrons. The Morgan fingerprint density at radius 1 is 1.00 bits per heavy atom. The Kier molecular flexibility index (Phi) is 6.74. The van der Waals surface area contributed by atoms with Gasteiger partial charge in [0.25, 0.3) is 5.91 Å². The Hall–Kier alpha value is -3.34. The summed E-state index contributed by atoms with van der Waals surface area (Å²) in [6.45, 7) is 1.05. The molecule has 8 nitrogen and oxygen atoms in total. The first-order valence-electron chi connectivity index (χ1n) is 9.81. The number of sulfonamides is 1. The van der Waals surface area contributed by atoms with Gasteiger partial charge in [0.05, 0.1) is 11.4 Å². The lowest BCUT2D eigenvalue weighted by molar-refractivity contribution is 0.0950. The minimum absolute atomic E-state index is 0.0493. The number of nitrogens with one attached hydrogen (secondary N) is 2. The van der Waals surface area contributed by atoms with Crippen LogP contribution in [0.4, 0.5) is 0 Å². The molecule has 4 aromatic rings. The third-order valence-electron chi connectivity index (χ3n) is 4.78. The van der Waals surface area contributed by atoms with E-state index in [1.54, 1.807) is 23.1 Å². The molecule has 0 saturated carbocycles. The predicted molar refractivity (Wildman–Crippen MR) is 122 cm³/mol. The summed E-state index contributed by atoms with van der Waals surface area (Å²) in [4.78, 5) is 17.6. The molecule has 32 heavy (non-hydrogen) atoms. The number of hydrogen-bond acceptors (Lipinski definition) is 6. The Balaban J connectivity index is 1.42. The van der Waals surface area contributed by atoms with Gasteiger partial charge < -0.3 is 5.32 Å². The maximum absolute atomic E-state index is 12.7. The fourth-order valence-electron chi connectivity index (χ4n) is 3.12. The molecule has 10 heteroatoms. The van der Waals surface area contributed by atoms with Crippen molar-refractivity contribution in [3.05, 3.63) is 100 Å². The van der Waals surface area contributed by atoms with Crippen molar-refractivity contribution in [1.82, 2.24) is 24.8 Å². The predicted octanol–water partition coefficient (Wildman–Crippen LogP) is 2.80. The van der Waals surface area contributed by atoms with E-state index < -0.39 is 10.0 Å². The molecule has 2 heterocycles. The lowest BCUT2D eigenvalue weighted by Gasteiger charge is -2.11. The van der Waals surface area contributed by atoms with Gasteiger partial charge in [-0.25, -0.2) is 22.8 Å². The number of aromatic nitrogens is 3. The van der Waals surface area contributed by atoms with Gasteiger partial charge in [0, 0.05) is 23.5 Å². The van der Waals surface area contributed by atoms with Crippen LogP contribution in [0.3, 0.4) is 0 Å². The zero-order valence-electron chi connectivity index (χ0n) is 17.0. The number of rotatable bonds is 9. The summed E-state index contributed by atoms with van der Waals surface area (Å²) < 4.78 is 29.5. The number of hydrogen-bond donors (Lipinski definition) is 2. The fraction of sp³-hybridized carbons (Fsp3) is 0.136. The van der Waals surface area contributed by atoms with Crippen LogP contribution in [0.15, 0.2) is 83.6 Å². The maximum Gasteiger partial charge on any atom is 0.251 e. The molecule has 0 fully saturated rings. The zero-order chi connectivity index (χ0) is 22.4. The lowest BCUT2D eigenvalue weighted by Crippen LogP contribution is -2.25. The highest BCUT2D eigenvalue weighted by Gasteiger charge is 2.16. The van der Waals surface area contributed by atoms with E-state index in [4.69, 9.17) is 0 Å². The van der Waals surface area contributed by atoms with Gasteiger partial charge in [-0.15, -0.1) is 11.3 Å². The molecule has 0 bridgehead atoms. The Labute approximate surface area is 190 Å². The number of carbonyl (C=O) groups is 1. The first-order valence-corrected chi connectivity index (χ1v) is 12.2. The maximum atomic E-state index is 12.7. The molecular weight excluding hydrogens is 446 g/mol. The summed E-state index contributed by atoms with van der Waals surface area (Å²) in [6, 6.07) is 17.5. The summed E-state index contributed by atoms with van der Waals surface area (Å²) in [7, 11) is -3.73. The van der Waals surface area contributed by atoms with E-state index in [9.17, 15) is 13.2 Å². The minimum atomic E-state index is -3.73. The molecule has 0 atom stereocenters. The molecule has 0 unspecified atom stereocenters. The summed E-state index contributed by atoms with van der Waals surface area (Å²) in [5, 5.41) is 8.87. The number of benzene rings is 2. The highest BCUT2D eigenvalue weighted by Crippen LogP contribution is 2.15. The van der Waals surface area contributed by atoms with Crippen LogP contribution in [-0.2, 0) is 29.7 Å². The summed E-state index contributed by atoms with van der Waals surface area (Å²) in [5.41, 5.74) is 2.22. The molecule has 0 aliphatic rings. The van der Waals surface area contributed by atoms with E-state index in [0.29, 0.717) is 13.1 Å². The van der Waals surface area contributed by atoms with Crippen molar-refractivity contribution in [2.45, 2.75) is 24.5 Å². The second kappa shape index (κ2) is 9.86. The fourth-order valence-corrected chi connectivity index (χ4v) is 4.91. The smallest absolute Gasteiger partial charge is 0.251 e. The normalized spacial score (nSPS) is 11.4. The lowest BCUT2D eigenvalue weighted by atomic mass is 10.1. The number of thiophene rings is 1. The third kappa shape index (κ3) is 5.47. The van der Waals surface area contributed by atoms with Crippen LogP contribution in [0.5, 0.6) is 0 Å². The number of nitrogens with zero attached hydrogens (tertiary/aromatic N) is 3. The first-order chi connectivity index (χ1) is 15.5. The quantitative estimate of drug-likeness (QED) is 0.394. The van der Waals surface area contributed by atoms with Gasteiger partial charge in [0.1, 0.15) is 12.7 Å². The molecule has 1 amide bonds. The van der Waals surface area contributed by atoms with Gasteiger partial charge >= 0.3 is 0 Å². The molecule has 0 spiro atoms. The Bertz CT molecular complexity index is 1290. The van der Waals surface area contributed by atoms with Crippen molar-refractivity contribution in [2.75, 3.05) is 0 Å². The van der Waals surface area contributed by atoms with E-state index in [1.807, 2.05) is 41.8 Å². The van der Waals surface area contributed by atoms with Crippen LogP contribution >= 0.6 is 11.3 Å². The molecule has 2 N–H and O–H groups in total. The summed E-state index contributed by atoms with van der Waals surface area (Å²) in [5.74, 6) is -0.351. The molecule has 2 aromatic heterocycles. The number of amides is 1. The third-order valence-corrected chi connectivity index (χ3v) is 7.06. The van der Waals surface area contributed by atoms with Gasteiger partial charge in [-0.3, -0.25) is 4.79 Å². The molecule has 164 valence electrons. The largest absolute Gasteiger partial charge is 0.348 e. The second-order valence-corrected chi connectivity index (χ2v) is 9.78. The number of carbonyl (C=O) groups excluding carboxylic acids is 1. The average Bonchev–Trinajstić information content (AvgIpc) is 3.51. The van der Waals surface area contributed by atoms with E-state index in [0.717, 1.165) is 16.0 Å². The van der Waals surface area contributed by atoms with E-state index in [1.165, 1.54) is 29.8 Å². The van der Waals surface area contributed by atoms with Crippen LogP contribution < -0.4 is 10.0 Å². The minimum Gasteiger partial charge on any atom is -0.348 e. The standard InChI is InChI=1S/C22H21N5O3S2/c28-22(24-12-18-5-1-2-6-19(18)14-27-16-23-15-25-27)17-7-3-9-21(11-17)32(29,30)26-13-20-8-4-10-31-20/h1-11,15-16,26H,12-14H2,(H,24,28). The van der Waals surface area contributed by atoms with Crippen LogP contribution in [0.2, 0.25) is 0 Å². The first kappa shape index (κ1) is 21.9. The van der Waals surface area contributed by atoms with Gasteiger partial charge in [-0.2, -0.15) is 5.10 Å². The van der Waals surface area contributed by atoms with Crippen LogP contribution in [0.1, 0.15) is 26.4 Å². The zero-order valence-corrected chi connectivity index (χ0v) is 18.6. The van der Waals surface area contributed by atoms with Crippen molar-refractivity contribution in [2.24, 2.45) is 0 Å². The monoisotopic (exact) mass is 467 g/mol. The second-order valence-electron chi connectivity index (χ2n) is 6.98. The highest BCUT2D eigenvalue weighted by atomic mass is 32.2. The molecule has 4 rings (SSSR count). The van der Waals surface area contributed by atoms with Gasteiger partial charge in [0.2, 0.25) is 10.0 Å². The molecular formula is C22H21N5O3S2. The van der Waals surface area contributed by atoms with Crippen LogP contribution in [0, 0.1) is 0 Å². The van der Waals surface area contributed by atoms with Crippen molar-refractivity contribution in [3.63, 3.8) is 0 Å². The summed E-state index contributed by atoms with van der Waals surface area (Å²) >= 11 is 1.47. The van der Waals surface area contributed by atoms with Crippen LogP contribution in [0.25, 0.3) is 0 Å². The van der Waals surface area contributed by atoms with E-state index in [2.05, 4.69) is 20.1 Å². The highest BCUT2D eigenvalue weighted by molar-refractivity contribution is 7.89. The van der Waals surface area contributed by atoms with Crippen molar-refractivity contribution in [1.29, 1.82) is 0 Å². The Morgan fingerprint density at radius 3 is 2.59 bits per heavy atom. The van der Waals surface area contributed by atoms with E-state index >= 15 is 0 Å². The molecule has 0 aliphatic carbocycles. The summed E-state index contributed by atoms with van der Waals surface area (Å²) in [6.07, 6.45) is 3.11. The molecule has 2 aromatic carbocycles.